The summed E-state index contributed by atoms with van der Waals surface area (Å²) < 4.78 is 0. The van der Waals surface area contributed by atoms with E-state index in [-0.39, 0.29) is 0 Å². The van der Waals surface area contributed by atoms with E-state index in [1.165, 1.54) is 0 Å². The van der Waals surface area contributed by atoms with E-state index in [2.05, 4.69) is 112 Å². The molecule has 5 aromatic carbocycles. The second-order valence-corrected chi connectivity index (χ2v) is 8.02. The van der Waals surface area contributed by atoms with Crippen LogP contribution in [0.3, 0.4) is 0 Å². The largest absolute Gasteiger partial charge is 0.311 e. The fourth-order valence-electron chi connectivity index (χ4n) is 3.94. The number of nitrogens with zero attached hydrogens (tertiary/aromatic N) is 3. The van der Waals surface area contributed by atoms with Gasteiger partial charge in [0.15, 0.2) is 0 Å². The van der Waals surface area contributed by atoms with Gasteiger partial charge >= 0.3 is 0 Å². The monoisotopic (exact) mass is 451 g/mol. The van der Waals surface area contributed by atoms with Gasteiger partial charge in [-0.05, 0) is 42.0 Å². The molecule has 0 aliphatic heterocycles. The van der Waals surface area contributed by atoms with E-state index >= 15 is 0 Å². The van der Waals surface area contributed by atoms with Gasteiger partial charge < -0.3 is 4.90 Å². The molecule has 0 N–H and O–H groups in total. The van der Waals surface area contributed by atoms with Crippen molar-refractivity contribution >= 4 is 29.0 Å². The Kier molecular flexibility index (Phi) is 6.87. The molecule has 0 aliphatic carbocycles. The minimum atomic E-state index is 0.846. The molecule has 0 heterocycles. The van der Waals surface area contributed by atoms with Crippen molar-refractivity contribution in [2.45, 2.75) is 0 Å². The average molecular weight is 452 g/mol. The van der Waals surface area contributed by atoms with Crippen LogP contribution in [0.4, 0.5) is 17.1 Å². The third-order valence-corrected chi connectivity index (χ3v) is 5.64. The van der Waals surface area contributed by atoms with Crippen molar-refractivity contribution in [2.75, 3.05) is 4.90 Å². The summed E-state index contributed by atoms with van der Waals surface area (Å²) in [6, 6.07) is 49.4. The summed E-state index contributed by atoms with van der Waals surface area (Å²) in [7, 11) is 0. The summed E-state index contributed by atoms with van der Waals surface area (Å²) in [5.74, 6) is 0. The van der Waals surface area contributed by atoms with E-state index in [0.717, 1.165) is 39.5 Å². The van der Waals surface area contributed by atoms with Crippen molar-refractivity contribution in [3.63, 3.8) is 0 Å². The molecule has 0 fully saturated rings. The normalized spacial score (nSPS) is 10.7. The van der Waals surface area contributed by atoms with Crippen molar-refractivity contribution in [3.05, 3.63) is 162 Å². The maximum absolute atomic E-state index is 4.59. The zero-order valence-electron chi connectivity index (χ0n) is 19.3. The molecule has 5 aromatic rings. The second kappa shape index (κ2) is 10.9. The van der Waals surface area contributed by atoms with Crippen molar-refractivity contribution in [1.82, 2.24) is 0 Å². The quantitative estimate of drug-likeness (QED) is 0.182. The molecule has 0 amide bonds. The Labute approximate surface area is 206 Å². The van der Waals surface area contributed by atoms with Gasteiger partial charge in [0.2, 0.25) is 0 Å². The first kappa shape index (κ1) is 22.1. The predicted molar refractivity (Wildman–Crippen MR) is 147 cm³/mol. The molecule has 0 aromatic heterocycles. The third-order valence-electron chi connectivity index (χ3n) is 5.64. The Hall–Kier alpha value is -4.76. The molecule has 0 spiro atoms. The molecule has 35 heavy (non-hydrogen) atoms. The molecule has 0 saturated heterocycles. The molecule has 0 bridgehead atoms. The fraction of sp³-hybridized carbons (Fsp3) is 0. The van der Waals surface area contributed by atoms with Gasteiger partial charge in [-0.25, -0.2) is 0 Å². The van der Waals surface area contributed by atoms with E-state index in [1.807, 2.05) is 48.5 Å². The van der Waals surface area contributed by atoms with Crippen LogP contribution in [0.1, 0.15) is 16.7 Å². The standard InChI is InChI=1S/C32H25N3/c1-5-13-27(14-6-1)32(28-15-7-2-8-16-28)34-33-25-26-21-23-31(24-22-26)35(29-17-9-3-10-18-29)30-19-11-4-12-20-30/h1-25H/b33-25+. The number of benzene rings is 5. The number of hydrogen-bond donors (Lipinski definition) is 0. The maximum Gasteiger partial charge on any atom is 0.100 e. The van der Waals surface area contributed by atoms with Gasteiger partial charge in [-0.2, -0.15) is 5.10 Å². The summed E-state index contributed by atoms with van der Waals surface area (Å²) in [4.78, 5) is 2.24. The van der Waals surface area contributed by atoms with Crippen molar-refractivity contribution in [3.8, 4) is 0 Å². The van der Waals surface area contributed by atoms with Gasteiger partial charge in [-0.3, -0.25) is 0 Å². The summed E-state index contributed by atoms with van der Waals surface area (Å²) in [6.07, 6.45) is 1.80. The van der Waals surface area contributed by atoms with Crippen LogP contribution in [0.2, 0.25) is 0 Å². The van der Waals surface area contributed by atoms with Crippen molar-refractivity contribution in [2.24, 2.45) is 10.2 Å². The Morgan fingerprint density at radius 2 is 0.857 bits per heavy atom. The lowest BCUT2D eigenvalue weighted by molar-refractivity contribution is 1.24. The summed E-state index contributed by atoms with van der Waals surface area (Å²) in [5, 5.41) is 9.02. The first-order chi connectivity index (χ1) is 17.4. The number of para-hydroxylation sites is 2. The summed E-state index contributed by atoms with van der Waals surface area (Å²) >= 11 is 0. The lowest BCUT2D eigenvalue weighted by Gasteiger charge is -2.25. The SMILES string of the molecule is C(=N\N=C(c1ccccc1)c1ccccc1)/c1ccc(N(c2ccccc2)c2ccccc2)cc1. The smallest absolute Gasteiger partial charge is 0.100 e. The molecular weight excluding hydrogens is 426 g/mol. The lowest BCUT2D eigenvalue weighted by Crippen LogP contribution is -2.09. The highest BCUT2D eigenvalue weighted by atomic mass is 15.2. The molecule has 168 valence electrons. The van der Waals surface area contributed by atoms with E-state index in [1.54, 1.807) is 6.21 Å². The van der Waals surface area contributed by atoms with Gasteiger partial charge in [0.05, 0.1) is 6.21 Å². The Balaban J connectivity index is 1.43. The first-order valence-corrected chi connectivity index (χ1v) is 11.6. The molecule has 0 unspecified atom stereocenters. The topological polar surface area (TPSA) is 28.0 Å². The van der Waals surface area contributed by atoms with E-state index in [0.29, 0.717) is 0 Å². The highest BCUT2D eigenvalue weighted by Crippen LogP contribution is 2.33. The summed E-state index contributed by atoms with van der Waals surface area (Å²) in [6.45, 7) is 0. The van der Waals surface area contributed by atoms with Crippen LogP contribution in [0.5, 0.6) is 0 Å². The Morgan fingerprint density at radius 3 is 1.31 bits per heavy atom. The fourth-order valence-corrected chi connectivity index (χ4v) is 3.94. The molecule has 3 nitrogen and oxygen atoms in total. The van der Waals surface area contributed by atoms with Crippen LogP contribution < -0.4 is 4.90 Å². The third kappa shape index (κ3) is 5.43. The lowest BCUT2D eigenvalue weighted by atomic mass is 10.0. The van der Waals surface area contributed by atoms with Gasteiger partial charge in [-0.15, -0.1) is 5.10 Å². The van der Waals surface area contributed by atoms with Crippen LogP contribution in [-0.2, 0) is 0 Å². The van der Waals surface area contributed by atoms with Gasteiger partial charge in [0.1, 0.15) is 5.71 Å². The van der Waals surface area contributed by atoms with Crippen LogP contribution in [0.15, 0.2) is 156 Å². The predicted octanol–water partition coefficient (Wildman–Crippen LogP) is 8.03. The minimum absolute atomic E-state index is 0.846. The molecule has 0 aliphatic rings. The van der Waals surface area contributed by atoms with Crippen LogP contribution in [0.25, 0.3) is 0 Å². The number of anilines is 3. The zero-order chi connectivity index (χ0) is 23.7. The Morgan fingerprint density at radius 1 is 0.457 bits per heavy atom. The van der Waals surface area contributed by atoms with E-state index in [9.17, 15) is 0 Å². The highest BCUT2D eigenvalue weighted by molar-refractivity contribution is 6.13. The molecule has 5 rings (SSSR count). The van der Waals surface area contributed by atoms with Gasteiger partial charge in [0, 0.05) is 28.2 Å². The maximum atomic E-state index is 4.59. The molecule has 3 heteroatoms. The van der Waals surface area contributed by atoms with Crippen LogP contribution in [-0.4, -0.2) is 11.9 Å². The van der Waals surface area contributed by atoms with Gasteiger partial charge in [0.25, 0.3) is 0 Å². The van der Waals surface area contributed by atoms with E-state index < -0.39 is 0 Å². The van der Waals surface area contributed by atoms with Crippen molar-refractivity contribution in [1.29, 1.82) is 0 Å². The summed E-state index contributed by atoms with van der Waals surface area (Å²) in [5.41, 5.74) is 7.20. The molecular formula is C32H25N3. The van der Waals surface area contributed by atoms with Crippen LogP contribution in [0, 0.1) is 0 Å². The first-order valence-electron chi connectivity index (χ1n) is 11.6. The average Bonchev–Trinajstić information content (AvgIpc) is 2.94. The van der Waals surface area contributed by atoms with Crippen LogP contribution >= 0.6 is 0 Å². The van der Waals surface area contributed by atoms with Gasteiger partial charge in [-0.1, -0.05) is 109 Å². The zero-order valence-corrected chi connectivity index (χ0v) is 19.3. The highest BCUT2D eigenvalue weighted by Gasteiger charge is 2.11. The number of rotatable bonds is 7. The molecule has 0 atom stereocenters. The second-order valence-electron chi connectivity index (χ2n) is 8.02. The number of hydrogen-bond acceptors (Lipinski definition) is 3. The van der Waals surface area contributed by atoms with E-state index in [4.69, 9.17) is 0 Å². The molecule has 0 radical (unpaired) electrons. The Bertz CT molecular complexity index is 1310. The minimum Gasteiger partial charge on any atom is -0.311 e. The molecule has 0 saturated carbocycles. The van der Waals surface area contributed by atoms with Crippen molar-refractivity contribution < 1.29 is 0 Å².